The van der Waals surface area contributed by atoms with Crippen molar-refractivity contribution in [2.45, 2.75) is 13.5 Å². The maximum Gasteiger partial charge on any atom is 0.282 e. The maximum atomic E-state index is 11.8. The number of halogens is 1. The number of benzene rings is 1. The summed E-state index contributed by atoms with van der Waals surface area (Å²) in [5.41, 5.74) is 1.52. The Morgan fingerprint density at radius 3 is 2.90 bits per heavy atom. The highest BCUT2D eigenvalue weighted by Gasteiger charge is 2.08. The number of rotatable bonds is 5. The van der Waals surface area contributed by atoms with Crippen LogP contribution in [0.4, 0.5) is 5.69 Å². The summed E-state index contributed by atoms with van der Waals surface area (Å²) in [6.07, 6.45) is 1.62. The van der Waals surface area contributed by atoms with Gasteiger partial charge in [-0.2, -0.15) is 5.10 Å². The summed E-state index contributed by atoms with van der Waals surface area (Å²) < 4.78 is 7.32. The Kier molecular flexibility index (Phi) is 4.79. The molecule has 0 aliphatic heterocycles. The smallest absolute Gasteiger partial charge is 0.282 e. The van der Waals surface area contributed by atoms with Crippen molar-refractivity contribution < 1.29 is 4.74 Å². The van der Waals surface area contributed by atoms with Crippen LogP contribution in [0.1, 0.15) is 12.5 Å². The molecule has 0 radical (unpaired) electrons. The molecule has 0 saturated carbocycles. The summed E-state index contributed by atoms with van der Waals surface area (Å²) in [4.78, 5) is 11.8. The third-order valence-electron chi connectivity index (χ3n) is 2.82. The van der Waals surface area contributed by atoms with E-state index in [0.717, 1.165) is 11.3 Å². The molecule has 6 heteroatoms. The average Bonchev–Trinajstić information content (AvgIpc) is 2.46. The number of ether oxygens (including phenoxy) is 1. The molecule has 0 amide bonds. The molecule has 0 unspecified atom stereocenters. The van der Waals surface area contributed by atoms with E-state index in [1.165, 1.54) is 4.68 Å². The summed E-state index contributed by atoms with van der Waals surface area (Å²) in [6.45, 7) is 3.13. The van der Waals surface area contributed by atoms with Gasteiger partial charge in [0.05, 0.1) is 18.5 Å². The number of hydrogen-bond acceptors (Lipinski definition) is 4. The van der Waals surface area contributed by atoms with Gasteiger partial charge in [0, 0.05) is 19.2 Å². The number of para-hydroxylation sites is 1. The summed E-state index contributed by atoms with van der Waals surface area (Å²) >= 11 is 3.29. The maximum absolute atomic E-state index is 11.8. The van der Waals surface area contributed by atoms with Crippen molar-refractivity contribution in [3.8, 4) is 5.75 Å². The minimum Gasteiger partial charge on any atom is -0.494 e. The number of nitrogens with one attached hydrogen (secondary N) is 1. The largest absolute Gasteiger partial charge is 0.494 e. The van der Waals surface area contributed by atoms with Crippen LogP contribution in [0.5, 0.6) is 5.75 Å². The first-order chi connectivity index (χ1) is 9.63. The first-order valence-corrected chi connectivity index (χ1v) is 7.09. The van der Waals surface area contributed by atoms with Gasteiger partial charge in [-0.05, 0) is 28.9 Å². The second kappa shape index (κ2) is 6.56. The van der Waals surface area contributed by atoms with E-state index in [1.807, 2.05) is 31.2 Å². The molecule has 0 bridgehead atoms. The van der Waals surface area contributed by atoms with E-state index in [0.29, 0.717) is 23.3 Å². The molecular weight excluding hydrogens is 322 g/mol. The second-order valence-electron chi connectivity index (χ2n) is 4.20. The van der Waals surface area contributed by atoms with Crippen LogP contribution in [-0.4, -0.2) is 16.4 Å². The van der Waals surface area contributed by atoms with Crippen molar-refractivity contribution in [1.82, 2.24) is 9.78 Å². The molecule has 0 saturated heterocycles. The van der Waals surface area contributed by atoms with Crippen LogP contribution in [0.3, 0.4) is 0 Å². The molecule has 0 fully saturated rings. The summed E-state index contributed by atoms with van der Waals surface area (Å²) in [6, 6.07) is 7.80. The Labute approximate surface area is 125 Å². The highest BCUT2D eigenvalue weighted by Crippen LogP contribution is 2.21. The lowest BCUT2D eigenvalue weighted by molar-refractivity contribution is 0.337. The molecule has 0 atom stereocenters. The van der Waals surface area contributed by atoms with E-state index in [1.54, 1.807) is 13.2 Å². The van der Waals surface area contributed by atoms with Gasteiger partial charge < -0.3 is 10.1 Å². The fourth-order valence-corrected chi connectivity index (χ4v) is 2.27. The molecule has 1 heterocycles. The highest BCUT2D eigenvalue weighted by atomic mass is 79.9. The molecule has 0 spiro atoms. The summed E-state index contributed by atoms with van der Waals surface area (Å²) in [7, 11) is 1.61. The molecule has 2 rings (SSSR count). The Balaban J connectivity index is 2.17. The van der Waals surface area contributed by atoms with E-state index in [-0.39, 0.29) is 5.56 Å². The second-order valence-corrected chi connectivity index (χ2v) is 4.99. The van der Waals surface area contributed by atoms with Crippen molar-refractivity contribution >= 4 is 21.6 Å². The molecule has 1 N–H and O–H groups in total. The normalized spacial score (nSPS) is 10.3. The fraction of sp³-hybridized carbons (Fsp3) is 0.286. The molecule has 0 aliphatic rings. The van der Waals surface area contributed by atoms with Crippen LogP contribution in [-0.2, 0) is 13.6 Å². The third-order valence-corrected chi connectivity index (χ3v) is 3.59. The Hall–Kier alpha value is -1.82. The van der Waals surface area contributed by atoms with Gasteiger partial charge in [-0.15, -0.1) is 0 Å². The summed E-state index contributed by atoms with van der Waals surface area (Å²) in [5, 5.41) is 7.18. The van der Waals surface area contributed by atoms with Gasteiger partial charge in [-0.1, -0.05) is 18.2 Å². The standard InChI is InChI=1S/C14H16BrN3O2/c1-3-20-12-7-5-4-6-10(12)8-16-11-9-17-18(2)14(19)13(11)15/h4-7,9,16H,3,8H2,1-2H3. The van der Waals surface area contributed by atoms with Gasteiger partial charge in [0.1, 0.15) is 10.2 Å². The van der Waals surface area contributed by atoms with Gasteiger partial charge in [0.2, 0.25) is 0 Å². The van der Waals surface area contributed by atoms with Crippen LogP contribution >= 0.6 is 15.9 Å². The van der Waals surface area contributed by atoms with Gasteiger partial charge in [-0.3, -0.25) is 4.79 Å². The minimum absolute atomic E-state index is 0.173. The Morgan fingerprint density at radius 1 is 1.40 bits per heavy atom. The van der Waals surface area contributed by atoms with E-state index >= 15 is 0 Å². The van der Waals surface area contributed by atoms with Crippen LogP contribution in [0.15, 0.2) is 39.7 Å². The molecule has 1 aromatic carbocycles. The topological polar surface area (TPSA) is 56.1 Å². The van der Waals surface area contributed by atoms with Crippen LogP contribution in [0.2, 0.25) is 0 Å². The van der Waals surface area contributed by atoms with E-state index < -0.39 is 0 Å². The van der Waals surface area contributed by atoms with Crippen LogP contribution in [0.25, 0.3) is 0 Å². The monoisotopic (exact) mass is 337 g/mol. The lowest BCUT2D eigenvalue weighted by Crippen LogP contribution is -2.21. The van der Waals surface area contributed by atoms with Crippen molar-refractivity contribution in [3.63, 3.8) is 0 Å². The zero-order valence-electron chi connectivity index (χ0n) is 11.4. The first-order valence-electron chi connectivity index (χ1n) is 6.30. The fourth-order valence-electron chi connectivity index (χ4n) is 1.77. The lowest BCUT2D eigenvalue weighted by atomic mass is 10.2. The van der Waals surface area contributed by atoms with Crippen LogP contribution in [0, 0.1) is 0 Å². The molecule has 106 valence electrons. The Morgan fingerprint density at radius 2 is 2.15 bits per heavy atom. The molecule has 20 heavy (non-hydrogen) atoms. The number of nitrogens with zero attached hydrogens (tertiary/aromatic N) is 2. The van der Waals surface area contributed by atoms with Crippen molar-refractivity contribution in [3.05, 3.63) is 50.9 Å². The SMILES string of the molecule is CCOc1ccccc1CNc1cnn(C)c(=O)c1Br. The van der Waals surface area contributed by atoms with Gasteiger partial charge in [0.25, 0.3) is 5.56 Å². The number of anilines is 1. The lowest BCUT2D eigenvalue weighted by Gasteiger charge is -2.12. The predicted octanol–water partition coefficient (Wildman–Crippen LogP) is 2.55. The first kappa shape index (κ1) is 14.6. The zero-order chi connectivity index (χ0) is 14.5. The van der Waals surface area contributed by atoms with Crippen molar-refractivity contribution in [2.75, 3.05) is 11.9 Å². The molecule has 1 aromatic heterocycles. The average molecular weight is 338 g/mol. The molecule has 2 aromatic rings. The van der Waals surface area contributed by atoms with E-state index in [4.69, 9.17) is 4.74 Å². The molecule has 5 nitrogen and oxygen atoms in total. The summed E-state index contributed by atoms with van der Waals surface area (Å²) in [5.74, 6) is 0.843. The third kappa shape index (κ3) is 3.19. The van der Waals surface area contributed by atoms with Gasteiger partial charge in [0.15, 0.2) is 0 Å². The van der Waals surface area contributed by atoms with Gasteiger partial charge in [-0.25, -0.2) is 4.68 Å². The number of hydrogen-bond donors (Lipinski definition) is 1. The van der Waals surface area contributed by atoms with E-state index in [9.17, 15) is 4.79 Å². The number of aromatic nitrogens is 2. The zero-order valence-corrected chi connectivity index (χ0v) is 13.0. The van der Waals surface area contributed by atoms with Gasteiger partial charge >= 0.3 is 0 Å². The van der Waals surface area contributed by atoms with Crippen molar-refractivity contribution in [2.24, 2.45) is 7.05 Å². The van der Waals surface area contributed by atoms with Crippen molar-refractivity contribution in [1.29, 1.82) is 0 Å². The molecule has 0 aliphatic carbocycles. The number of aryl methyl sites for hydroxylation is 1. The van der Waals surface area contributed by atoms with E-state index in [2.05, 4.69) is 26.3 Å². The van der Waals surface area contributed by atoms with Crippen LogP contribution < -0.4 is 15.6 Å². The minimum atomic E-state index is -0.173. The Bertz CT molecular complexity index is 655. The molecular formula is C14H16BrN3O2. The predicted molar refractivity (Wildman–Crippen MR) is 82.1 cm³/mol. The quantitative estimate of drug-likeness (QED) is 0.910. The highest BCUT2D eigenvalue weighted by molar-refractivity contribution is 9.10.